The first-order valence-electron chi connectivity index (χ1n) is 6.59. The van der Waals surface area contributed by atoms with Gasteiger partial charge < -0.3 is 16.0 Å². The molecule has 0 unspecified atom stereocenters. The number of nitrogens with zero attached hydrogens (tertiary/aromatic N) is 1. The molecule has 1 aromatic carbocycles. The van der Waals surface area contributed by atoms with Crippen LogP contribution in [0.5, 0.6) is 0 Å². The maximum Gasteiger partial charge on any atom is 0.254 e. The summed E-state index contributed by atoms with van der Waals surface area (Å²) < 4.78 is 0. The van der Waals surface area contributed by atoms with E-state index in [1.54, 1.807) is 6.92 Å². The average Bonchev–Trinajstić information content (AvgIpc) is 2.40. The van der Waals surface area contributed by atoms with Gasteiger partial charge in [0.05, 0.1) is 22.3 Å². The summed E-state index contributed by atoms with van der Waals surface area (Å²) in [6.07, 6.45) is 0. The summed E-state index contributed by atoms with van der Waals surface area (Å²) in [7, 11) is 0. The van der Waals surface area contributed by atoms with Crippen molar-refractivity contribution in [3.05, 3.63) is 27.7 Å². The molecule has 5 nitrogen and oxygen atoms in total. The number of nitrogens with two attached hydrogens (primary N) is 1. The Morgan fingerprint density at radius 1 is 1.29 bits per heavy atom. The summed E-state index contributed by atoms with van der Waals surface area (Å²) in [6.45, 7) is 5.88. The van der Waals surface area contributed by atoms with Gasteiger partial charge in [-0.3, -0.25) is 9.59 Å². The second-order valence-electron chi connectivity index (χ2n) is 4.90. The molecule has 1 aromatic rings. The van der Waals surface area contributed by atoms with E-state index in [2.05, 4.69) is 5.32 Å². The molecular weight excluding hydrogens is 313 g/mol. The Hall–Kier alpha value is -1.46. The molecule has 2 amide bonds. The van der Waals surface area contributed by atoms with Crippen LogP contribution in [-0.4, -0.2) is 35.8 Å². The van der Waals surface area contributed by atoms with Gasteiger partial charge in [-0.25, -0.2) is 0 Å². The molecule has 0 bridgehead atoms. The van der Waals surface area contributed by atoms with E-state index < -0.39 is 0 Å². The van der Waals surface area contributed by atoms with Crippen LogP contribution in [0.15, 0.2) is 12.1 Å². The Kier molecular flexibility index (Phi) is 6.30. The highest BCUT2D eigenvalue weighted by Gasteiger charge is 2.19. The Morgan fingerprint density at radius 2 is 1.81 bits per heavy atom. The summed E-state index contributed by atoms with van der Waals surface area (Å²) in [5.41, 5.74) is 6.18. The van der Waals surface area contributed by atoms with Crippen LogP contribution in [-0.2, 0) is 4.79 Å². The van der Waals surface area contributed by atoms with Gasteiger partial charge in [0.1, 0.15) is 0 Å². The summed E-state index contributed by atoms with van der Waals surface area (Å²) in [6, 6.07) is 2.93. The molecule has 0 spiro atoms. The monoisotopic (exact) mass is 331 g/mol. The minimum atomic E-state index is -0.319. The van der Waals surface area contributed by atoms with Crippen LogP contribution < -0.4 is 11.1 Å². The quantitative estimate of drug-likeness (QED) is 0.814. The minimum Gasteiger partial charge on any atom is -0.396 e. The second kappa shape index (κ2) is 7.52. The van der Waals surface area contributed by atoms with E-state index in [4.69, 9.17) is 28.9 Å². The highest BCUT2D eigenvalue weighted by Crippen LogP contribution is 2.29. The van der Waals surface area contributed by atoms with Crippen molar-refractivity contribution in [2.75, 3.05) is 18.8 Å². The van der Waals surface area contributed by atoms with Gasteiger partial charge in [-0.2, -0.15) is 0 Å². The van der Waals surface area contributed by atoms with E-state index in [0.29, 0.717) is 12.1 Å². The Labute approximate surface area is 134 Å². The number of benzene rings is 1. The fourth-order valence-corrected chi connectivity index (χ4v) is 2.25. The first-order chi connectivity index (χ1) is 9.76. The molecular formula is C14H19Cl2N3O2. The van der Waals surface area contributed by atoms with Crippen LogP contribution in [0, 0.1) is 0 Å². The van der Waals surface area contributed by atoms with Crippen molar-refractivity contribution < 1.29 is 9.59 Å². The predicted octanol–water partition coefficient (Wildman–Crippen LogP) is 2.56. The molecule has 0 heterocycles. The van der Waals surface area contributed by atoms with E-state index >= 15 is 0 Å². The molecule has 0 radical (unpaired) electrons. The average molecular weight is 332 g/mol. The van der Waals surface area contributed by atoms with Crippen molar-refractivity contribution in [2.45, 2.75) is 26.8 Å². The van der Waals surface area contributed by atoms with Gasteiger partial charge >= 0.3 is 0 Å². The number of likely N-dealkylation sites (N-methyl/N-ethyl adjacent to an activating group) is 1. The number of amides is 2. The van der Waals surface area contributed by atoms with Gasteiger partial charge in [-0.1, -0.05) is 23.2 Å². The lowest BCUT2D eigenvalue weighted by Crippen LogP contribution is -2.42. The minimum absolute atomic E-state index is 0.0201. The standard InChI is InChI=1S/C14H19Cl2N3O2/c1-4-19(7-12(20)18-8(2)3)14(21)9-5-10(15)13(17)11(16)6-9/h5-6,8H,4,7,17H2,1-3H3,(H,18,20). The molecule has 0 saturated heterocycles. The maximum atomic E-state index is 12.4. The zero-order valence-electron chi connectivity index (χ0n) is 12.2. The van der Waals surface area contributed by atoms with Crippen molar-refractivity contribution in [3.8, 4) is 0 Å². The third kappa shape index (κ3) is 4.79. The zero-order chi connectivity index (χ0) is 16.2. The summed E-state index contributed by atoms with van der Waals surface area (Å²) in [4.78, 5) is 25.6. The van der Waals surface area contributed by atoms with E-state index in [-0.39, 0.29) is 40.1 Å². The van der Waals surface area contributed by atoms with Gasteiger partial charge in [0, 0.05) is 18.2 Å². The van der Waals surface area contributed by atoms with Crippen LogP contribution in [0.4, 0.5) is 5.69 Å². The van der Waals surface area contributed by atoms with Crippen LogP contribution in [0.2, 0.25) is 10.0 Å². The normalized spacial score (nSPS) is 10.6. The number of carbonyl (C=O) groups excluding carboxylic acids is 2. The Bertz CT molecular complexity index is 524. The fourth-order valence-electron chi connectivity index (χ4n) is 1.76. The first-order valence-corrected chi connectivity index (χ1v) is 7.35. The Morgan fingerprint density at radius 3 is 2.24 bits per heavy atom. The number of hydrogen-bond donors (Lipinski definition) is 2. The lowest BCUT2D eigenvalue weighted by molar-refractivity contribution is -0.122. The highest BCUT2D eigenvalue weighted by molar-refractivity contribution is 6.39. The molecule has 0 aliphatic rings. The van der Waals surface area contributed by atoms with E-state index in [0.717, 1.165) is 0 Å². The molecule has 116 valence electrons. The van der Waals surface area contributed by atoms with Crippen molar-refractivity contribution in [1.29, 1.82) is 0 Å². The fraction of sp³-hybridized carbons (Fsp3) is 0.429. The van der Waals surface area contributed by atoms with Crippen molar-refractivity contribution in [2.24, 2.45) is 0 Å². The van der Waals surface area contributed by atoms with E-state index in [9.17, 15) is 9.59 Å². The molecule has 1 rings (SSSR count). The molecule has 0 saturated carbocycles. The lowest BCUT2D eigenvalue weighted by Gasteiger charge is -2.21. The van der Waals surface area contributed by atoms with E-state index in [1.807, 2.05) is 13.8 Å². The third-order valence-electron chi connectivity index (χ3n) is 2.78. The Balaban J connectivity index is 2.91. The molecule has 0 fully saturated rings. The molecule has 0 atom stereocenters. The lowest BCUT2D eigenvalue weighted by atomic mass is 10.1. The van der Waals surface area contributed by atoms with Crippen LogP contribution in [0.25, 0.3) is 0 Å². The molecule has 21 heavy (non-hydrogen) atoms. The summed E-state index contributed by atoms with van der Waals surface area (Å²) in [5, 5.41) is 3.17. The molecule has 0 aliphatic carbocycles. The number of rotatable bonds is 5. The summed E-state index contributed by atoms with van der Waals surface area (Å²) >= 11 is 11.9. The number of carbonyl (C=O) groups is 2. The third-order valence-corrected chi connectivity index (χ3v) is 3.40. The maximum absolute atomic E-state index is 12.4. The van der Waals surface area contributed by atoms with Gasteiger partial charge in [0.15, 0.2) is 0 Å². The number of nitrogens with one attached hydrogen (secondary N) is 1. The zero-order valence-corrected chi connectivity index (χ0v) is 13.8. The molecule has 3 N–H and O–H groups in total. The number of halogens is 2. The number of nitrogen functional groups attached to an aromatic ring is 1. The van der Waals surface area contributed by atoms with Gasteiger partial charge in [0.2, 0.25) is 5.91 Å². The van der Waals surface area contributed by atoms with Gasteiger partial charge in [-0.15, -0.1) is 0 Å². The van der Waals surface area contributed by atoms with E-state index in [1.165, 1.54) is 17.0 Å². The van der Waals surface area contributed by atoms with Gasteiger partial charge in [-0.05, 0) is 32.9 Å². The van der Waals surface area contributed by atoms with Crippen LogP contribution >= 0.6 is 23.2 Å². The summed E-state index contributed by atoms with van der Waals surface area (Å²) in [5.74, 6) is -0.534. The first kappa shape index (κ1) is 17.6. The largest absolute Gasteiger partial charge is 0.396 e. The van der Waals surface area contributed by atoms with Crippen molar-refractivity contribution in [1.82, 2.24) is 10.2 Å². The van der Waals surface area contributed by atoms with Crippen molar-refractivity contribution in [3.63, 3.8) is 0 Å². The highest BCUT2D eigenvalue weighted by atomic mass is 35.5. The van der Waals surface area contributed by atoms with Gasteiger partial charge in [0.25, 0.3) is 5.91 Å². The molecule has 7 heteroatoms. The topological polar surface area (TPSA) is 75.4 Å². The number of hydrogen-bond acceptors (Lipinski definition) is 3. The second-order valence-corrected chi connectivity index (χ2v) is 5.71. The smallest absolute Gasteiger partial charge is 0.254 e. The number of anilines is 1. The van der Waals surface area contributed by atoms with Crippen LogP contribution in [0.3, 0.4) is 0 Å². The molecule has 0 aliphatic heterocycles. The van der Waals surface area contributed by atoms with Crippen LogP contribution in [0.1, 0.15) is 31.1 Å². The predicted molar refractivity (Wildman–Crippen MR) is 85.7 cm³/mol. The SMILES string of the molecule is CCN(CC(=O)NC(C)C)C(=O)c1cc(Cl)c(N)c(Cl)c1. The van der Waals surface area contributed by atoms with Crippen molar-refractivity contribution >= 4 is 40.7 Å². The molecule has 0 aromatic heterocycles.